The van der Waals surface area contributed by atoms with Crippen molar-refractivity contribution in [1.82, 2.24) is 9.55 Å². The van der Waals surface area contributed by atoms with Gasteiger partial charge in [-0.15, -0.1) is 11.3 Å². The van der Waals surface area contributed by atoms with Gasteiger partial charge in [-0.2, -0.15) is 0 Å². The molecule has 0 radical (unpaired) electrons. The van der Waals surface area contributed by atoms with Crippen molar-refractivity contribution in [2.75, 3.05) is 5.32 Å². The van der Waals surface area contributed by atoms with E-state index in [-0.39, 0.29) is 5.91 Å². The Labute approximate surface area is 143 Å². The first-order valence-electron chi connectivity index (χ1n) is 7.16. The van der Waals surface area contributed by atoms with Gasteiger partial charge in [0.15, 0.2) is 5.13 Å². The monoisotopic (exact) mass is 345 g/mol. The zero-order valence-corrected chi connectivity index (χ0v) is 14.4. The van der Waals surface area contributed by atoms with Gasteiger partial charge in [0.1, 0.15) is 5.69 Å². The Morgan fingerprint density at radius 2 is 2.17 bits per heavy atom. The van der Waals surface area contributed by atoms with Crippen molar-refractivity contribution >= 4 is 34.0 Å². The minimum atomic E-state index is -0.160. The summed E-state index contributed by atoms with van der Waals surface area (Å²) in [5.74, 6) is -0.160. The number of nitrogens with one attached hydrogen (secondary N) is 1. The molecule has 0 aliphatic heterocycles. The first-order valence-corrected chi connectivity index (χ1v) is 8.35. The van der Waals surface area contributed by atoms with Gasteiger partial charge >= 0.3 is 0 Å². The summed E-state index contributed by atoms with van der Waals surface area (Å²) in [6, 6.07) is 9.61. The quantitative estimate of drug-likeness (QED) is 0.766. The molecule has 0 atom stereocenters. The number of anilines is 1. The van der Waals surface area contributed by atoms with Crippen LogP contribution in [0.1, 0.15) is 26.5 Å². The van der Waals surface area contributed by atoms with Crippen LogP contribution in [-0.4, -0.2) is 15.5 Å². The molecule has 0 bridgehead atoms. The molecule has 0 unspecified atom stereocenters. The highest BCUT2D eigenvalue weighted by Crippen LogP contribution is 2.26. The molecule has 0 saturated carbocycles. The van der Waals surface area contributed by atoms with Crippen molar-refractivity contribution in [2.24, 2.45) is 7.05 Å². The van der Waals surface area contributed by atoms with Crippen LogP contribution in [0.2, 0.25) is 5.02 Å². The Morgan fingerprint density at radius 3 is 2.91 bits per heavy atom. The smallest absolute Gasteiger partial charge is 0.274 e. The van der Waals surface area contributed by atoms with Crippen LogP contribution in [0.4, 0.5) is 5.13 Å². The molecule has 0 fully saturated rings. The second kappa shape index (κ2) is 6.56. The van der Waals surface area contributed by atoms with Gasteiger partial charge in [0, 0.05) is 35.8 Å². The van der Waals surface area contributed by atoms with Gasteiger partial charge in [-0.25, -0.2) is 4.98 Å². The lowest BCUT2D eigenvalue weighted by Gasteiger charge is -2.04. The fourth-order valence-corrected chi connectivity index (χ4v) is 3.36. The molecule has 3 rings (SSSR count). The number of hydrogen-bond donors (Lipinski definition) is 1. The average molecular weight is 346 g/mol. The molecule has 1 N–H and O–H groups in total. The van der Waals surface area contributed by atoms with Crippen molar-refractivity contribution in [1.29, 1.82) is 0 Å². The van der Waals surface area contributed by atoms with Gasteiger partial charge in [-0.3, -0.25) is 10.1 Å². The van der Waals surface area contributed by atoms with Crippen LogP contribution in [0.5, 0.6) is 0 Å². The highest BCUT2D eigenvalue weighted by Gasteiger charge is 2.12. The van der Waals surface area contributed by atoms with E-state index in [1.165, 1.54) is 11.3 Å². The van der Waals surface area contributed by atoms with Crippen molar-refractivity contribution < 1.29 is 4.79 Å². The molecule has 1 aromatic carbocycles. The SMILES string of the molecule is Cc1cccc(Cc2cnc(NC(=O)c3cccn3C)s2)c1Cl. The summed E-state index contributed by atoms with van der Waals surface area (Å²) in [5, 5.41) is 4.21. The van der Waals surface area contributed by atoms with Crippen LogP contribution in [0.15, 0.2) is 42.7 Å². The lowest BCUT2D eigenvalue weighted by molar-refractivity contribution is 0.101. The van der Waals surface area contributed by atoms with Crippen LogP contribution in [0, 0.1) is 6.92 Å². The minimum absolute atomic E-state index is 0.160. The molecule has 6 heteroatoms. The van der Waals surface area contributed by atoms with Gasteiger partial charge in [0.25, 0.3) is 5.91 Å². The third kappa shape index (κ3) is 3.46. The highest BCUT2D eigenvalue weighted by molar-refractivity contribution is 7.15. The third-order valence-electron chi connectivity index (χ3n) is 3.59. The topological polar surface area (TPSA) is 46.9 Å². The standard InChI is InChI=1S/C17H16ClN3OS/c1-11-5-3-6-12(15(11)18)9-13-10-19-17(23-13)20-16(22)14-7-4-8-21(14)2/h3-8,10H,9H2,1-2H3,(H,19,20,22). The molecule has 0 spiro atoms. The van der Waals surface area contributed by atoms with Gasteiger partial charge < -0.3 is 4.57 Å². The number of amides is 1. The van der Waals surface area contributed by atoms with E-state index >= 15 is 0 Å². The number of hydrogen-bond acceptors (Lipinski definition) is 3. The Balaban J connectivity index is 1.72. The van der Waals surface area contributed by atoms with Crippen molar-refractivity contribution in [2.45, 2.75) is 13.3 Å². The predicted molar refractivity (Wildman–Crippen MR) is 94.5 cm³/mol. The minimum Gasteiger partial charge on any atom is -0.347 e. The van der Waals surface area contributed by atoms with Crippen LogP contribution in [0.3, 0.4) is 0 Å². The predicted octanol–water partition coefficient (Wildman–Crippen LogP) is 4.29. The summed E-state index contributed by atoms with van der Waals surface area (Å²) in [6.45, 7) is 1.99. The first kappa shape index (κ1) is 15.8. The largest absolute Gasteiger partial charge is 0.347 e. The number of carbonyl (C=O) groups excluding carboxylic acids is 1. The molecular formula is C17H16ClN3OS. The third-order valence-corrected chi connectivity index (χ3v) is 5.04. The molecule has 0 aliphatic rings. The zero-order valence-electron chi connectivity index (χ0n) is 12.8. The number of benzene rings is 1. The molecule has 118 valence electrons. The maximum absolute atomic E-state index is 12.2. The molecule has 1 amide bonds. The van der Waals surface area contributed by atoms with E-state index in [4.69, 9.17) is 11.6 Å². The summed E-state index contributed by atoms with van der Waals surface area (Å²) < 4.78 is 1.77. The summed E-state index contributed by atoms with van der Waals surface area (Å²) >= 11 is 7.79. The maximum Gasteiger partial charge on any atom is 0.274 e. The number of rotatable bonds is 4. The average Bonchev–Trinajstić information content (AvgIpc) is 3.13. The maximum atomic E-state index is 12.2. The van der Waals surface area contributed by atoms with Crippen LogP contribution in [-0.2, 0) is 13.5 Å². The lowest BCUT2D eigenvalue weighted by Crippen LogP contribution is -2.14. The Kier molecular flexibility index (Phi) is 4.50. The molecule has 23 heavy (non-hydrogen) atoms. The zero-order chi connectivity index (χ0) is 16.4. The summed E-state index contributed by atoms with van der Waals surface area (Å²) in [6.07, 6.45) is 4.32. The second-order valence-corrected chi connectivity index (χ2v) is 6.81. The molecular weight excluding hydrogens is 330 g/mol. The Bertz CT molecular complexity index is 853. The molecule has 0 aliphatic carbocycles. The van der Waals surface area contributed by atoms with E-state index < -0.39 is 0 Å². The number of thiazole rings is 1. The summed E-state index contributed by atoms with van der Waals surface area (Å²) in [5.41, 5.74) is 2.73. The number of aromatic nitrogens is 2. The van der Waals surface area contributed by atoms with Crippen LogP contribution in [0.25, 0.3) is 0 Å². The normalized spacial score (nSPS) is 10.7. The van der Waals surface area contributed by atoms with E-state index in [1.54, 1.807) is 16.8 Å². The Morgan fingerprint density at radius 1 is 1.35 bits per heavy atom. The van der Waals surface area contributed by atoms with Crippen LogP contribution < -0.4 is 5.32 Å². The van der Waals surface area contributed by atoms with Gasteiger partial charge in [0.05, 0.1) is 0 Å². The fraction of sp³-hybridized carbons (Fsp3) is 0.176. The van der Waals surface area contributed by atoms with E-state index in [9.17, 15) is 4.79 Å². The van der Waals surface area contributed by atoms with Gasteiger partial charge in [0.2, 0.25) is 0 Å². The Hall–Kier alpha value is -2.11. The second-order valence-electron chi connectivity index (χ2n) is 5.31. The van der Waals surface area contributed by atoms with E-state index in [1.807, 2.05) is 44.4 Å². The summed E-state index contributed by atoms with van der Waals surface area (Å²) in [4.78, 5) is 17.5. The lowest BCUT2D eigenvalue weighted by atomic mass is 10.1. The molecule has 3 aromatic rings. The van der Waals surface area contributed by atoms with Gasteiger partial charge in [-0.05, 0) is 30.2 Å². The number of aryl methyl sites for hydroxylation is 2. The van der Waals surface area contributed by atoms with E-state index in [0.29, 0.717) is 17.2 Å². The molecule has 2 heterocycles. The number of nitrogens with zero attached hydrogens (tertiary/aromatic N) is 2. The summed E-state index contributed by atoms with van der Waals surface area (Å²) in [7, 11) is 1.84. The highest BCUT2D eigenvalue weighted by atomic mass is 35.5. The van der Waals surface area contributed by atoms with Crippen molar-refractivity contribution in [3.63, 3.8) is 0 Å². The first-order chi connectivity index (χ1) is 11.0. The van der Waals surface area contributed by atoms with E-state index in [0.717, 1.165) is 21.0 Å². The molecule has 0 saturated heterocycles. The fourth-order valence-electron chi connectivity index (χ4n) is 2.34. The van der Waals surface area contributed by atoms with Crippen LogP contribution >= 0.6 is 22.9 Å². The van der Waals surface area contributed by atoms with Crippen molar-refractivity contribution in [3.8, 4) is 0 Å². The molecule has 2 aromatic heterocycles. The van der Waals surface area contributed by atoms with E-state index in [2.05, 4.69) is 10.3 Å². The van der Waals surface area contributed by atoms with Crippen molar-refractivity contribution in [3.05, 3.63) is 69.4 Å². The van der Waals surface area contributed by atoms with Gasteiger partial charge in [-0.1, -0.05) is 29.8 Å². The number of halogens is 1. The molecule has 4 nitrogen and oxygen atoms in total. The number of carbonyl (C=O) groups is 1.